The lowest BCUT2D eigenvalue weighted by atomic mass is 9.99. The summed E-state index contributed by atoms with van der Waals surface area (Å²) >= 11 is 0. The van der Waals surface area contributed by atoms with Crippen LogP contribution in [0.3, 0.4) is 0 Å². The fourth-order valence-electron chi connectivity index (χ4n) is 2.79. The van der Waals surface area contributed by atoms with Crippen molar-refractivity contribution in [3.8, 4) is 0 Å². The Kier molecular flexibility index (Phi) is 5.52. The van der Waals surface area contributed by atoms with Crippen molar-refractivity contribution >= 4 is 6.03 Å². The molecule has 128 valence electrons. The summed E-state index contributed by atoms with van der Waals surface area (Å²) < 4.78 is 5.34. The van der Waals surface area contributed by atoms with Crippen LogP contribution in [0.4, 0.5) is 4.79 Å². The summed E-state index contributed by atoms with van der Waals surface area (Å²) in [5, 5.41) is 6.01. The Morgan fingerprint density at radius 1 is 0.920 bits per heavy atom. The highest BCUT2D eigenvalue weighted by molar-refractivity contribution is 5.75. The minimum atomic E-state index is -0.214. The Labute approximate surface area is 147 Å². The molecule has 2 unspecified atom stereocenters. The van der Waals surface area contributed by atoms with E-state index in [0.717, 1.165) is 17.7 Å². The second-order valence-corrected chi connectivity index (χ2v) is 6.01. The third kappa shape index (κ3) is 4.73. The topological polar surface area (TPSA) is 54.3 Å². The molecule has 0 bridgehead atoms. The quantitative estimate of drug-likeness (QED) is 0.691. The molecule has 0 aliphatic heterocycles. The van der Waals surface area contributed by atoms with Crippen molar-refractivity contribution in [3.05, 3.63) is 95.9 Å². The van der Waals surface area contributed by atoms with Crippen molar-refractivity contribution in [2.45, 2.75) is 25.4 Å². The van der Waals surface area contributed by atoms with Gasteiger partial charge in [-0.05, 0) is 36.6 Å². The first kappa shape index (κ1) is 16.8. The molecule has 0 saturated carbocycles. The molecule has 0 radical (unpaired) electrons. The fourth-order valence-corrected chi connectivity index (χ4v) is 2.79. The maximum Gasteiger partial charge on any atom is 0.315 e. The number of hydrogen-bond acceptors (Lipinski definition) is 2. The molecule has 0 aliphatic rings. The predicted octanol–water partition coefficient (Wildman–Crippen LogP) is 4.62. The van der Waals surface area contributed by atoms with Crippen LogP contribution < -0.4 is 10.6 Å². The first-order valence-electron chi connectivity index (χ1n) is 8.41. The van der Waals surface area contributed by atoms with Gasteiger partial charge in [0.15, 0.2) is 0 Å². The minimum Gasteiger partial charge on any atom is -0.467 e. The Balaban J connectivity index is 1.70. The van der Waals surface area contributed by atoms with E-state index in [2.05, 4.69) is 22.8 Å². The number of benzene rings is 2. The third-order valence-electron chi connectivity index (χ3n) is 4.11. The van der Waals surface area contributed by atoms with Crippen LogP contribution in [0.25, 0.3) is 0 Å². The standard InChI is InChI=1S/C21H22N2O2/c1-16(20-13-8-14-25-20)22-21(24)23-19(18-11-6-3-7-12-18)15-17-9-4-2-5-10-17/h2-14,16,19H,15H2,1H3,(H2,22,23,24). The number of amides is 2. The van der Waals surface area contributed by atoms with Crippen molar-refractivity contribution in [1.82, 2.24) is 10.6 Å². The maximum absolute atomic E-state index is 12.5. The molecule has 25 heavy (non-hydrogen) atoms. The van der Waals surface area contributed by atoms with E-state index >= 15 is 0 Å². The molecule has 0 spiro atoms. The van der Waals surface area contributed by atoms with Gasteiger partial charge in [-0.15, -0.1) is 0 Å². The van der Waals surface area contributed by atoms with E-state index in [1.165, 1.54) is 5.56 Å². The number of carbonyl (C=O) groups excluding carboxylic acids is 1. The molecule has 2 amide bonds. The molecule has 2 N–H and O–H groups in total. The van der Waals surface area contributed by atoms with E-state index in [0.29, 0.717) is 0 Å². The number of hydrogen-bond donors (Lipinski definition) is 2. The molecule has 1 heterocycles. The molecule has 0 fully saturated rings. The number of nitrogens with one attached hydrogen (secondary N) is 2. The van der Waals surface area contributed by atoms with Gasteiger partial charge in [-0.25, -0.2) is 4.79 Å². The van der Waals surface area contributed by atoms with Gasteiger partial charge < -0.3 is 15.1 Å². The van der Waals surface area contributed by atoms with E-state index in [1.807, 2.05) is 67.6 Å². The lowest BCUT2D eigenvalue weighted by Gasteiger charge is -2.21. The van der Waals surface area contributed by atoms with Gasteiger partial charge in [-0.3, -0.25) is 0 Å². The zero-order valence-electron chi connectivity index (χ0n) is 14.2. The summed E-state index contributed by atoms with van der Waals surface area (Å²) in [7, 11) is 0. The molecule has 1 aromatic heterocycles. The molecule has 4 heteroatoms. The van der Waals surface area contributed by atoms with Crippen molar-refractivity contribution in [2.75, 3.05) is 0 Å². The molecule has 3 rings (SSSR count). The monoisotopic (exact) mass is 334 g/mol. The second-order valence-electron chi connectivity index (χ2n) is 6.01. The van der Waals surface area contributed by atoms with Crippen LogP contribution >= 0.6 is 0 Å². The van der Waals surface area contributed by atoms with Gasteiger partial charge in [0.05, 0.1) is 18.3 Å². The summed E-state index contributed by atoms with van der Waals surface area (Å²) in [4.78, 5) is 12.5. The van der Waals surface area contributed by atoms with Gasteiger partial charge in [-0.2, -0.15) is 0 Å². The van der Waals surface area contributed by atoms with Crippen molar-refractivity contribution in [2.24, 2.45) is 0 Å². The van der Waals surface area contributed by atoms with Gasteiger partial charge in [0.25, 0.3) is 0 Å². The first-order chi connectivity index (χ1) is 12.2. The number of urea groups is 1. The summed E-state index contributed by atoms with van der Waals surface area (Å²) in [6, 6.07) is 23.3. The van der Waals surface area contributed by atoms with Gasteiger partial charge in [-0.1, -0.05) is 60.7 Å². The summed E-state index contributed by atoms with van der Waals surface area (Å²) in [5.74, 6) is 0.731. The summed E-state index contributed by atoms with van der Waals surface area (Å²) in [5.41, 5.74) is 2.25. The summed E-state index contributed by atoms with van der Waals surface area (Å²) in [6.07, 6.45) is 2.33. The van der Waals surface area contributed by atoms with Crippen LogP contribution in [0.15, 0.2) is 83.5 Å². The average molecular weight is 334 g/mol. The SMILES string of the molecule is CC(NC(=O)NC(Cc1ccccc1)c1ccccc1)c1ccco1. The van der Waals surface area contributed by atoms with Crippen molar-refractivity contribution in [1.29, 1.82) is 0 Å². The van der Waals surface area contributed by atoms with E-state index in [4.69, 9.17) is 4.42 Å². The van der Waals surface area contributed by atoms with E-state index in [1.54, 1.807) is 6.26 Å². The molecule has 2 aromatic carbocycles. The van der Waals surface area contributed by atoms with Crippen LogP contribution in [0, 0.1) is 0 Å². The van der Waals surface area contributed by atoms with E-state index in [9.17, 15) is 4.79 Å². The van der Waals surface area contributed by atoms with Gasteiger partial charge >= 0.3 is 6.03 Å². The highest BCUT2D eigenvalue weighted by Crippen LogP contribution is 2.19. The van der Waals surface area contributed by atoms with Gasteiger partial charge in [0, 0.05) is 0 Å². The number of furan rings is 1. The lowest BCUT2D eigenvalue weighted by molar-refractivity contribution is 0.232. The fraction of sp³-hybridized carbons (Fsp3) is 0.190. The Morgan fingerprint density at radius 2 is 1.60 bits per heavy atom. The van der Waals surface area contributed by atoms with E-state index in [-0.39, 0.29) is 18.1 Å². The Hall–Kier alpha value is -3.01. The first-order valence-corrected chi connectivity index (χ1v) is 8.41. The molecule has 2 atom stereocenters. The van der Waals surface area contributed by atoms with Crippen molar-refractivity contribution in [3.63, 3.8) is 0 Å². The molecule has 4 nitrogen and oxygen atoms in total. The number of carbonyl (C=O) groups is 1. The smallest absolute Gasteiger partial charge is 0.315 e. The number of rotatable bonds is 6. The van der Waals surface area contributed by atoms with Crippen LogP contribution in [-0.2, 0) is 6.42 Å². The Bertz CT molecular complexity index is 770. The highest BCUT2D eigenvalue weighted by Gasteiger charge is 2.17. The average Bonchev–Trinajstić information content (AvgIpc) is 3.18. The summed E-state index contributed by atoms with van der Waals surface area (Å²) in [6.45, 7) is 1.90. The lowest BCUT2D eigenvalue weighted by Crippen LogP contribution is -2.39. The molecule has 3 aromatic rings. The molecular formula is C21H22N2O2. The van der Waals surface area contributed by atoms with Crippen LogP contribution in [-0.4, -0.2) is 6.03 Å². The Morgan fingerprint density at radius 3 is 2.24 bits per heavy atom. The third-order valence-corrected chi connectivity index (χ3v) is 4.11. The maximum atomic E-state index is 12.5. The van der Waals surface area contributed by atoms with Crippen LogP contribution in [0.5, 0.6) is 0 Å². The van der Waals surface area contributed by atoms with E-state index < -0.39 is 0 Å². The highest BCUT2D eigenvalue weighted by atomic mass is 16.3. The normalized spacial score (nSPS) is 13.0. The molecule has 0 aliphatic carbocycles. The molecular weight excluding hydrogens is 312 g/mol. The molecule has 0 saturated heterocycles. The van der Waals surface area contributed by atoms with Gasteiger partial charge in [0.2, 0.25) is 0 Å². The van der Waals surface area contributed by atoms with Crippen LogP contribution in [0.2, 0.25) is 0 Å². The largest absolute Gasteiger partial charge is 0.467 e. The zero-order chi connectivity index (χ0) is 17.5. The van der Waals surface area contributed by atoms with Gasteiger partial charge in [0.1, 0.15) is 5.76 Å². The predicted molar refractivity (Wildman–Crippen MR) is 98.1 cm³/mol. The van der Waals surface area contributed by atoms with Crippen LogP contribution in [0.1, 0.15) is 35.9 Å². The van der Waals surface area contributed by atoms with Crippen molar-refractivity contribution < 1.29 is 9.21 Å². The second kappa shape index (κ2) is 8.20. The zero-order valence-corrected chi connectivity index (χ0v) is 14.2. The minimum absolute atomic E-state index is 0.104.